The van der Waals surface area contributed by atoms with Crippen LogP contribution < -0.4 is 5.32 Å². The van der Waals surface area contributed by atoms with Crippen molar-refractivity contribution in [2.24, 2.45) is 5.92 Å². The van der Waals surface area contributed by atoms with E-state index in [-0.39, 0.29) is 5.82 Å². The molecule has 2 aromatic rings. The summed E-state index contributed by atoms with van der Waals surface area (Å²) in [5.74, 6) is 1.85. The third-order valence-corrected chi connectivity index (χ3v) is 3.01. The van der Waals surface area contributed by atoms with Gasteiger partial charge < -0.3 is 9.73 Å². The Labute approximate surface area is 98.7 Å². The van der Waals surface area contributed by atoms with Crippen molar-refractivity contribution in [3.8, 4) is 11.3 Å². The van der Waals surface area contributed by atoms with Gasteiger partial charge in [0.2, 0.25) is 0 Å². The van der Waals surface area contributed by atoms with E-state index in [4.69, 9.17) is 4.42 Å². The topological polar surface area (TPSA) is 38.1 Å². The van der Waals surface area contributed by atoms with Gasteiger partial charge in [0, 0.05) is 12.0 Å². The molecule has 0 radical (unpaired) electrons. The van der Waals surface area contributed by atoms with Crippen molar-refractivity contribution in [2.45, 2.75) is 6.42 Å². The zero-order valence-corrected chi connectivity index (χ0v) is 9.32. The van der Waals surface area contributed by atoms with E-state index in [2.05, 4.69) is 10.3 Å². The molecule has 3 nitrogen and oxygen atoms in total. The highest BCUT2D eigenvalue weighted by Crippen LogP contribution is 2.22. The highest BCUT2D eigenvalue weighted by molar-refractivity contribution is 5.55. The Balaban J connectivity index is 1.76. The number of aromatic nitrogens is 1. The second-order valence-corrected chi connectivity index (χ2v) is 4.35. The SMILES string of the molecule is Fc1ccc(-c2cnc(CC3CNC3)o2)cc1. The second kappa shape index (κ2) is 4.30. The molecule has 0 atom stereocenters. The average Bonchev–Trinajstić information content (AvgIpc) is 2.73. The zero-order valence-electron chi connectivity index (χ0n) is 9.32. The van der Waals surface area contributed by atoms with Gasteiger partial charge in [-0.05, 0) is 43.3 Å². The van der Waals surface area contributed by atoms with Crippen LogP contribution in [0.15, 0.2) is 34.9 Å². The molecule has 0 saturated carbocycles. The predicted molar refractivity (Wildman–Crippen MR) is 62.0 cm³/mol. The Morgan fingerprint density at radius 3 is 2.71 bits per heavy atom. The fourth-order valence-corrected chi connectivity index (χ4v) is 1.89. The van der Waals surface area contributed by atoms with Crippen LogP contribution in [0.4, 0.5) is 4.39 Å². The standard InChI is InChI=1S/C13H13FN2O/c14-11-3-1-10(2-4-11)12-8-16-13(17-12)5-9-6-15-7-9/h1-4,8-9,15H,5-7H2. The third kappa shape index (κ3) is 2.22. The van der Waals surface area contributed by atoms with Gasteiger partial charge in [0.15, 0.2) is 11.7 Å². The molecule has 0 spiro atoms. The van der Waals surface area contributed by atoms with Crippen LogP contribution in [0.5, 0.6) is 0 Å². The molecule has 1 fully saturated rings. The summed E-state index contributed by atoms with van der Waals surface area (Å²) in [6, 6.07) is 6.25. The fraction of sp³-hybridized carbons (Fsp3) is 0.308. The first-order valence-corrected chi connectivity index (χ1v) is 5.72. The number of hydrogen-bond acceptors (Lipinski definition) is 3. The van der Waals surface area contributed by atoms with E-state index in [9.17, 15) is 4.39 Å². The van der Waals surface area contributed by atoms with Gasteiger partial charge in [-0.3, -0.25) is 0 Å². The predicted octanol–water partition coefficient (Wildman–Crippen LogP) is 2.24. The summed E-state index contributed by atoms with van der Waals surface area (Å²) in [6.45, 7) is 2.07. The first kappa shape index (κ1) is 10.5. The normalized spacial score (nSPS) is 15.8. The number of hydrogen-bond donors (Lipinski definition) is 1. The van der Waals surface area contributed by atoms with Gasteiger partial charge in [0.05, 0.1) is 6.20 Å². The maximum absolute atomic E-state index is 12.8. The molecular weight excluding hydrogens is 219 g/mol. The maximum atomic E-state index is 12.8. The molecule has 0 unspecified atom stereocenters. The van der Waals surface area contributed by atoms with E-state index in [1.165, 1.54) is 12.1 Å². The van der Waals surface area contributed by atoms with Crippen molar-refractivity contribution < 1.29 is 8.81 Å². The van der Waals surface area contributed by atoms with Gasteiger partial charge in [0.25, 0.3) is 0 Å². The van der Waals surface area contributed by atoms with Gasteiger partial charge >= 0.3 is 0 Å². The Morgan fingerprint density at radius 2 is 2.06 bits per heavy atom. The molecule has 17 heavy (non-hydrogen) atoms. The van der Waals surface area contributed by atoms with Gasteiger partial charge in [-0.25, -0.2) is 9.37 Å². The van der Waals surface area contributed by atoms with Crippen LogP contribution in [-0.2, 0) is 6.42 Å². The van der Waals surface area contributed by atoms with Gasteiger partial charge in [-0.2, -0.15) is 0 Å². The van der Waals surface area contributed by atoms with E-state index in [1.54, 1.807) is 18.3 Å². The second-order valence-electron chi connectivity index (χ2n) is 4.35. The molecule has 1 aromatic heterocycles. The first-order chi connectivity index (χ1) is 8.31. The number of rotatable bonds is 3. The van der Waals surface area contributed by atoms with Crippen molar-refractivity contribution >= 4 is 0 Å². The molecule has 1 aliphatic rings. The zero-order chi connectivity index (χ0) is 11.7. The lowest BCUT2D eigenvalue weighted by molar-refractivity contribution is 0.319. The summed E-state index contributed by atoms with van der Waals surface area (Å²) in [6.07, 6.45) is 2.57. The summed E-state index contributed by atoms with van der Waals surface area (Å²) < 4.78 is 18.4. The van der Waals surface area contributed by atoms with Gasteiger partial charge in [-0.15, -0.1) is 0 Å². The minimum Gasteiger partial charge on any atom is -0.441 e. The lowest BCUT2D eigenvalue weighted by Gasteiger charge is -2.25. The number of halogens is 1. The summed E-state index contributed by atoms with van der Waals surface area (Å²) in [4.78, 5) is 4.25. The molecule has 88 valence electrons. The van der Waals surface area contributed by atoms with Crippen LogP contribution in [0, 0.1) is 11.7 Å². The number of oxazole rings is 1. The molecule has 3 rings (SSSR count). The summed E-state index contributed by atoms with van der Waals surface area (Å²) >= 11 is 0. The largest absolute Gasteiger partial charge is 0.441 e. The molecule has 0 amide bonds. The Kier molecular flexibility index (Phi) is 2.65. The van der Waals surface area contributed by atoms with Crippen LogP contribution in [0.3, 0.4) is 0 Å². The Morgan fingerprint density at radius 1 is 1.29 bits per heavy atom. The lowest BCUT2D eigenvalue weighted by Crippen LogP contribution is -2.43. The lowest BCUT2D eigenvalue weighted by atomic mass is 10.00. The minimum absolute atomic E-state index is 0.242. The Bertz CT molecular complexity index is 502. The highest BCUT2D eigenvalue weighted by atomic mass is 19.1. The van der Waals surface area contributed by atoms with Gasteiger partial charge in [0.1, 0.15) is 5.82 Å². The van der Waals surface area contributed by atoms with Crippen LogP contribution in [0.1, 0.15) is 5.89 Å². The van der Waals surface area contributed by atoms with Crippen molar-refractivity contribution in [2.75, 3.05) is 13.1 Å². The number of nitrogens with one attached hydrogen (secondary N) is 1. The van der Waals surface area contributed by atoms with Crippen LogP contribution in [0.25, 0.3) is 11.3 Å². The quantitative estimate of drug-likeness (QED) is 0.882. The molecule has 1 aliphatic heterocycles. The molecule has 1 N–H and O–H groups in total. The molecule has 0 aliphatic carbocycles. The van der Waals surface area contributed by atoms with E-state index in [0.29, 0.717) is 11.7 Å². The maximum Gasteiger partial charge on any atom is 0.195 e. The molecule has 2 heterocycles. The monoisotopic (exact) mass is 232 g/mol. The van der Waals surface area contributed by atoms with E-state index in [0.717, 1.165) is 31.0 Å². The minimum atomic E-state index is -0.242. The number of benzene rings is 1. The molecule has 0 bridgehead atoms. The molecule has 1 aromatic carbocycles. The van der Waals surface area contributed by atoms with Crippen molar-refractivity contribution in [3.05, 3.63) is 42.2 Å². The summed E-state index contributed by atoms with van der Waals surface area (Å²) in [5, 5.41) is 3.22. The van der Waals surface area contributed by atoms with E-state index < -0.39 is 0 Å². The van der Waals surface area contributed by atoms with Crippen molar-refractivity contribution in [3.63, 3.8) is 0 Å². The molecule has 1 saturated heterocycles. The summed E-state index contributed by atoms with van der Waals surface area (Å²) in [5.41, 5.74) is 0.858. The smallest absolute Gasteiger partial charge is 0.195 e. The average molecular weight is 232 g/mol. The highest BCUT2D eigenvalue weighted by Gasteiger charge is 2.19. The third-order valence-electron chi connectivity index (χ3n) is 3.01. The van der Waals surface area contributed by atoms with Crippen molar-refractivity contribution in [1.82, 2.24) is 10.3 Å². The van der Waals surface area contributed by atoms with E-state index in [1.807, 2.05) is 0 Å². The molecule has 4 heteroatoms. The van der Waals surface area contributed by atoms with E-state index >= 15 is 0 Å². The van der Waals surface area contributed by atoms with Crippen LogP contribution >= 0.6 is 0 Å². The van der Waals surface area contributed by atoms with Crippen LogP contribution in [-0.4, -0.2) is 18.1 Å². The molecular formula is C13H13FN2O. The summed E-state index contributed by atoms with van der Waals surface area (Å²) in [7, 11) is 0. The van der Waals surface area contributed by atoms with Crippen LogP contribution in [0.2, 0.25) is 0 Å². The van der Waals surface area contributed by atoms with Crippen molar-refractivity contribution in [1.29, 1.82) is 0 Å². The Hall–Kier alpha value is -1.68. The van der Waals surface area contributed by atoms with Gasteiger partial charge in [-0.1, -0.05) is 0 Å². The fourth-order valence-electron chi connectivity index (χ4n) is 1.89. The number of nitrogens with zero attached hydrogens (tertiary/aromatic N) is 1. The first-order valence-electron chi connectivity index (χ1n) is 5.72.